The highest BCUT2D eigenvalue weighted by molar-refractivity contribution is 5.79. The summed E-state index contributed by atoms with van der Waals surface area (Å²) in [4.78, 5) is 13.0. The van der Waals surface area contributed by atoms with E-state index in [-0.39, 0.29) is 17.6 Å². The molecule has 1 aliphatic heterocycles. The van der Waals surface area contributed by atoms with E-state index in [4.69, 9.17) is 11.5 Å². The smallest absolute Gasteiger partial charge is 0.222 e. The maximum absolute atomic E-state index is 12.9. The van der Waals surface area contributed by atoms with Gasteiger partial charge in [-0.05, 0) is 24.6 Å². The molecule has 86 valence electrons. The van der Waals surface area contributed by atoms with Crippen molar-refractivity contribution in [2.45, 2.75) is 6.42 Å². The first-order chi connectivity index (χ1) is 7.58. The molecule has 1 aromatic rings. The SMILES string of the molecule is NC(=O)C1CCN(c2ccc(F)cc2N)C1. The van der Waals surface area contributed by atoms with Crippen LogP contribution in [0.1, 0.15) is 6.42 Å². The fourth-order valence-corrected chi connectivity index (χ4v) is 2.02. The van der Waals surface area contributed by atoms with Crippen molar-refractivity contribution in [3.05, 3.63) is 24.0 Å². The van der Waals surface area contributed by atoms with E-state index in [2.05, 4.69) is 0 Å². The Balaban J connectivity index is 2.17. The summed E-state index contributed by atoms with van der Waals surface area (Å²) in [5.74, 6) is -0.778. The Morgan fingerprint density at radius 1 is 1.50 bits per heavy atom. The maximum Gasteiger partial charge on any atom is 0.222 e. The highest BCUT2D eigenvalue weighted by Gasteiger charge is 2.27. The number of nitrogen functional groups attached to an aromatic ring is 1. The molecule has 1 heterocycles. The zero-order valence-corrected chi connectivity index (χ0v) is 8.82. The van der Waals surface area contributed by atoms with Crippen molar-refractivity contribution in [2.75, 3.05) is 23.7 Å². The van der Waals surface area contributed by atoms with E-state index in [1.807, 2.05) is 4.90 Å². The zero-order valence-electron chi connectivity index (χ0n) is 8.82. The first kappa shape index (κ1) is 10.7. The van der Waals surface area contributed by atoms with Gasteiger partial charge in [0, 0.05) is 13.1 Å². The van der Waals surface area contributed by atoms with Crippen molar-refractivity contribution in [1.29, 1.82) is 0 Å². The number of amides is 1. The number of hydrogen-bond donors (Lipinski definition) is 2. The van der Waals surface area contributed by atoms with Crippen LogP contribution in [0.4, 0.5) is 15.8 Å². The third-order valence-corrected chi connectivity index (χ3v) is 2.92. The molecule has 4 N–H and O–H groups in total. The van der Waals surface area contributed by atoms with Crippen LogP contribution >= 0.6 is 0 Å². The fourth-order valence-electron chi connectivity index (χ4n) is 2.02. The molecule has 0 radical (unpaired) electrons. The van der Waals surface area contributed by atoms with Crippen LogP contribution in [0.3, 0.4) is 0 Å². The lowest BCUT2D eigenvalue weighted by atomic mass is 10.1. The molecular formula is C11H14FN3O. The molecule has 2 rings (SSSR count). The molecule has 1 amide bonds. The number of hydrogen-bond acceptors (Lipinski definition) is 3. The van der Waals surface area contributed by atoms with Gasteiger partial charge in [-0.2, -0.15) is 0 Å². The van der Waals surface area contributed by atoms with Gasteiger partial charge in [0.25, 0.3) is 0 Å². The second kappa shape index (κ2) is 4.00. The third-order valence-electron chi connectivity index (χ3n) is 2.92. The Labute approximate surface area is 93.0 Å². The van der Waals surface area contributed by atoms with E-state index in [0.717, 1.165) is 18.7 Å². The first-order valence-electron chi connectivity index (χ1n) is 5.17. The van der Waals surface area contributed by atoms with Gasteiger partial charge in [0.2, 0.25) is 5.91 Å². The number of halogens is 1. The summed E-state index contributed by atoms with van der Waals surface area (Å²) in [6.45, 7) is 1.29. The quantitative estimate of drug-likeness (QED) is 0.725. The minimum Gasteiger partial charge on any atom is -0.397 e. The Kier molecular flexibility index (Phi) is 2.68. The summed E-state index contributed by atoms with van der Waals surface area (Å²) in [6.07, 6.45) is 0.728. The Morgan fingerprint density at radius 3 is 2.81 bits per heavy atom. The highest BCUT2D eigenvalue weighted by Crippen LogP contribution is 2.29. The average molecular weight is 223 g/mol. The number of carbonyl (C=O) groups is 1. The molecule has 1 fully saturated rings. The van der Waals surface area contributed by atoms with Gasteiger partial charge in [0.15, 0.2) is 0 Å². The standard InChI is InChI=1S/C11H14FN3O/c12-8-1-2-10(9(13)5-8)15-4-3-7(6-15)11(14)16/h1-2,5,7H,3-4,6,13H2,(H2,14,16). The molecule has 0 aromatic heterocycles. The number of nitrogens with zero attached hydrogens (tertiary/aromatic N) is 1. The average Bonchev–Trinajstić information content (AvgIpc) is 2.66. The summed E-state index contributed by atoms with van der Waals surface area (Å²) in [6, 6.07) is 4.28. The van der Waals surface area contributed by atoms with Crippen molar-refractivity contribution in [3.63, 3.8) is 0 Å². The van der Waals surface area contributed by atoms with E-state index < -0.39 is 0 Å². The predicted octanol–water partition coefficient (Wildman–Crippen LogP) is 0.719. The Hall–Kier alpha value is -1.78. The number of nitrogens with two attached hydrogens (primary N) is 2. The second-order valence-corrected chi connectivity index (χ2v) is 4.04. The number of carbonyl (C=O) groups excluding carboxylic acids is 1. The number of benzene rings is 1. The lowest BCUT2D eigenvalue weighted by Crippen LogP contribution is -2.27. The predicted molar refractivity (Wildman–Crippen MR) is 60.3 cm³/mol. The molecule has 1 aromatic carbocycles. The molecule has 16 heavy (non-hydrogen) atoms. The van der Waals surface area contributed by atoms with Crippen LogP contribution in [-0.2, 0) is 4.79 Å². The summed E-state index contributed by atoms with van der Waals surface area (Å²) in [5.41, 5.74) is 12.1. The third kappa shape index (κ3) is 1.93. The number of rotatable bonds is 2. The Bertz CT molecular complexity index is 422. The van der Waals surface area contributed by atoms with E-state index in [9.17, 15) is 9.18 Å². The normalized spacial score (nSPS) is 20.1. The monoisotopic (exact) mass is 223 g/mol. The van der Waals surface area contributed by atoms with Gasteiger partial charge >= 0.3 is 0 Å². The van der Waals surface area contributed by atoms with Gasteiger partial charge in [0.05, 0.1) is 17.3 Å². The number of primary amides is 1. The Morgan fingerprint density at radius 2 is 2.25 bits per heavy atom. The molecule has 0 bridgehead atoms. The van der Waals surface area contributed by atoms with Crippen molar-refractivity contribution in [2.24, 2.45) is 11.7 Å². The maximum atomic E-state index is 12.9. The zero-order chi connectivity index (χ0) is 11.7. The van der Waals surface area contributed by atoms with Gasteiger partial charge in [-0.25, -0.2) is 4.39 Å². The fraction of sp³-hybridized carbons (Fsp3) is 0.364. The van der Waals surface area contributed by atoms with E-state index in [1.54, 1.807) is 6.07 Å². The molecule has 0 saturated carbocycles. The van der Waals surface area contributed by atoms with Gasteiger partial charge < -0.3 is 16.4 Å². The van der Waals surface area contributed by atoms with E-state index in [0.29, 0.717) is 12.2 Å². The van der Waals surface area contributed by atoms with Crippen LogP contribution in [-0.4, -0.2) is 19.0 Å². The molecule has 0 spiro atoms. The topological polar surface area (TPSA) is 72.4 Å². The van der Waals surface area contributed by atoms with Gasteiger partial charge in [-0.3, -0.25) is 4.79 Å². The lowest BCUT2D eigenvalue weighted by molar-refractivity contribution is -0.121. The highest BCUT2D eigenvalue weighted by atomic mass is 19.1. The molecule has 1 aliphatic rings. The molecule has 0 aliphatic carbocycles. The number of anilines is 2. The van der Waals surface area contributed by atoms with Crippen molar-refractivity contribution in [1.82, 2.24) is 0 Å². The molecule has 1 saturated heterocycles. The van der Waals surface area contributed by atoms with Crippen LogP contribution in [0.2, 0.25) is 0 Å². The molecule has 1 atom stereocenters. The van der Waals surface area contributed by atoms with Crippen LogP contribution in [0, 0.1) is 11.7 Å². The van der Waals surface area contributed by atoms with E-state index >= 15 is 0 Å². The lowest BCUT2D eigenvalue weighted by Gasteiger charge is -2.20. The summed E-state index contributed by atoms with van der Waals surface area (Å²) in [5, 5.41) is 0. The van der Waals surface area contributed by atoms with Gasteiger partial charge in [0.1, 0.15) is 5.82 Å². The van der Waals surface area contributed by atoms with Crippen LogP contribution in [0.15, 0.2) is 18.2 Å². The molecule has 5 heteroatoms. The molecule has 4 nitrogen and oxygen atoms in total. The van der Waals surface area contributed by atoms with Crippen molar-refractivity contribution in [3.8, 4) is 0 Å². The van der Waals surface area contributed by atoms with Crippen LogP contribution in [0.25, 0.3) is 0 Å². The minimum atomic E-state index is -0.355. The van der Waals surface area contributed by atoms with Gasteiger partial charge in [-0.15, -0.1) is 0 Å². The molecular weight excluding hydrogens is 209 g/mol. The van der Waals surface area contributed by atoms with Crippen molar-refractivity contribution < 1.29 is 9.18 Å². The first-order valence-corrected chi connectivity index (χ1v) is 5.17. The summed E-state index contributed by atoms with van der Waals surface area (Å²) < 4.78 is 12.9. The van der Waals surface area contributed by atoms with Crippen molar-refractivity contribution >= 4 is 17.3 Å². The van der Waals surface area contributed by atoms with Gasteiger partial charge in [-0.1, -0.05) is 0 Å². The molecule has 1 unspecified atom stereocenters. The largest absolute Gasteiger partial charge is 0.397 e. The van der Waals surface area contributed by atoms with Crippen LogP contribution < -0.4 is 16.4 Å². The minimum absolute atomic E-state index is 0.135. The second-order valence-electron chi connectivity index (χ2n) is 4.04. The van der Waals surface area contributed by atoms with E-state index in [1.165, 1.54) is 12.1 Å². The van der Waals surface area contributed by atoms with Crippen LogP contribution in [0.5, 0.6) is 0 Å². The summed E-state index contributed by atoms with van der Waals surface area (Å²) >= 11 is 0. The summed E-state index contributed by atoms with van der Waals surface area (Å²) in [7, 11) is 0.